The number of aliphatic hydroxyl groups is 1. The Hall–Kier alpha value is -1.82. The monoisotopic (exact) mass is 241 g/mol. The maximum absolute atomic E-state index is 10.6. The van der Waals surface area contributed by atoms with Crippen molar-refractivity contribution in [3.63, 3.8) is 0 Å². The minimum atomic E-state index is -0.560. The average Bonchev–Trinajstić information content (AvgIpc) is 2.35. The molecule has 0 spiro atoms. The molecular formula is C11H15NO5. The number of methoxy groups -OCH3 is 1. The van der Waals surface area contributed by atoms with Gasteiger partial charge in [0.25, 0.3) is 5.69 Å². The van der Waals surface area contributed by atoms with Gasteiger partial charge in [0.2, 0.25) is 0 Å². The van der Waals surface area contributed by atoms with E-state index in [0.29, 0.717) is 12.2 Å². The third-order valence-corrected chi connectivity index (χ3v) is 2.26. The number of aliphatic hydroxyl groups excluding tert-OH is 1. The fourth-order valence-corrected chi connectivity index (χ4v) is 1.19. The van der Waals surface area contributed by atoms with Gasteiger partial charge in [-0.3, -0.25) is 10.1 Å². The Bertz CT molecular complexity index is 393. The first-order valence-corrected chi connectivity index (χ1v) is 5.21. The molecule has 1 N–H and O–H groups in total. The number of ether oxygens (including phenoxy) is 2. The van der Waals surface area contributed by atoms with Crippen LogP contribution < -0.4 is 9.47 Å². The summed E-state index contributed by atoms with van der Waals surface area (Å²) in [6, 6.07) is 4.07. The molecule has 0 heterocycles. The molecule has 0 saturated heterocycles. The summed E-state index contributed by atoms with van der Waals surface area (Å²) < 4.78 is 10.3. The van der Waals surface area contributed by atoms with Gasteiger partial charge in [0, 0.05) is 6.07 Å². The second-order valence-corrected chi connectivity index (χ2v) is 3.47. The van der Waals surface area contributed by atoms with E-state index in [1.165, 1.54) is 25.3 Å². The number of non-ortho nitro benzene ring substituents is 1. The lowest BCUT2D eigenvalue weighted by atomic mass is 10.2. The zero-order valence-corrected chi connectivity index (χ0v) is 9.75. The van der Waals surface area contributed by atoms with Crippen molar-refractivity contribution in [2.45, 2.75) is 19.4 Å². The number of nitrogens with zero attached hydrogens (tertiary/aromatic N) is 1. The van der Waals surface area contributed by atoms with E-state index in [1.54, 1.807) is 0 Å². The van der Waals surface area contributed by atoms with E-state index in [4.69, 9.17) is 9.47 Å². The summed E-state index contributed by atoms with van der Waals surface area (Å²) in [7, 11) is 1.40. The summed E-state index contributed by atoms with van der Waals surface area (Å²) in [6.07, 6.45) is 0.0184. The number of hydrogen-bond acceptors (Lipinski definition) is 5. The van der Waals surface area contributed by atoms with E-state index in [0.717, 1.165) is 0 Å². The SMILES string of the molecule is CCC(O)COc1ccc([N+](=O)[O-])cc1OC. The van der Waals surface area contributed by atoms with Crippen molar-refractivity contribution in [2.24, 2.45) is 0 Å². The van der Waals surface area contributed by atoms with Crippen molar-refractivity contribution < 1.29 is 19.5 Å². The van der Waals surface area contributed by atoms with Crippen LogP contribution in [0.4, 0.5) is 5.69 Å². The van der Waals surface area contributed by atoms with E-state index < -0.39 is 11.0 Å². The van der Waals surface area contributed by atoms with Gasteiger partial charge in [-0.25, -0.2) is 0 Å². The van der Waals surface area contributed by atoms with Crippen molar-refractivity contribution in [1.29, 1.82) is 0 Å². The molecule has 0 aliphatic rings. The Kier molecular flexibility index (Phi) is 4.71. The molecule has 6 nitrogen and oxygen atoms in total. The first kappa shape index (κ1) is 13.2. The molecule has 0 saturated carbocycles. The molecule has 1 unspecified atom stereocenters. The van der Waals surface area contributed by atoms with Crippen LogP contribution in [-0.4, -0.2) is 29.9 Å². The summed E-state index contributed by atoms with van der Waals surface area (Å²) in [5.41, 5.74) is -0.0646. The van der Waals surface area contributed by atoms with Crippen LogP contribution >= 0.6 is 0 Å². The second-order valence-electron chi connectivity index (χ2n) is 3.47. The van der Waals surface area contributed by atoms with Gasteiger partial charge in [-0.1, -0.05) is 6.92 Å². The standard InChI is InChI=1S/C11H15NO5/c1-3-9(13)7-17-10-5-4-8(12(14)15)6-11(10)16-2/h4-6,9,13H,3,7H2,1-2H3. The van der Waals surface area contributed by atoms with Crippen molar-refractivity contribution in [2.75, 3.05) is 13.7 Å². The minimum Gasteiger partial charge on any atom is -0.493 e. The molecule has 1 aromatic carbocycles. The number of benzene rings is 1. The van der Waals surface area contributed by atoms with Crippen molar-refractivity contribution in [1.82, 2.24) is 0 Å². The molecule has 6 heteroatoms. The van der Waals surface area contributed by atoms with E-state index in [9.17, 15) is 15.2 Å². The minimum absolute atomic E-state index is 0.0646. The summed E-state index contributed by atoms with van der Waals surface area (Å²) in [5.74, 6) is 0.660. The lowest BCUT2D eigenvalue weighted by Crippen LogP contribution is -2.16. The first-order valence-electron chi connectivity index (χ1n) is 5.21. The third kappa shape index (κ3) is 3.60. The molecule has 0 aliphatic heterocycles. The van der Waals surface area contributed by atoms with Gasteiger partial charge < -0.3 is 14.6 Å². The summed E-state index contributed by atoms with van der Waals surface area (Å²) >= 11 is 0. The molecule has 94 valence electrons. The summed E-state index contributed by atoms with van der Waals surface area (Å²) in [6.45, 7) is 1.96. The molecule has 1 rings (SSSR count). The molecule has 0 fully saturated rings. The van der Waals surface area contributed by atoms with Crippen molar-refractivity contribution in [3.05, 3.63) is 28.3 Å². The molecular weight excluding hydrogens is 226 g/mol. The molecule has 1 aromatic rings. The lowest BCUT2D eigenvalue weighted by Gasteiger charge is -2.12. The van der Waals surface area contributed by atoms with Gasteiger partial charge >= 0.3 is 0 Å². The van der Waals surface area contributed by atoms with Crippen LogP contribution in [-0.2, 0) is 0 Å². The molecule has 17 heavy (non-hydrogen) atoms. The zero-order valence-electron chi connectivity index (χ0n) is 9.75. The molecule has 0 radical (unpaired) electrons. The number of rotatable bonds is 6. The zero-order chi connectivity index (χ0) is 12.8. The number of nitro benzene ring substituents is 1. The second kappa shape index (κ2) is 6.05. The van der Waals surface area contributed by atoms with Gasteiger partial charge in [-0.05, 0) is 12.5 Å². The number of hydrogen-bond donors (Lipinski definition) is 1. The maximum Gasteiger partial charge on any atom is 0.273 e. The summed E-state index contributed by atoms with van der Waals surface area (Å²) in [5, 5.41) is 19.9. The Morgan fingerprint density at radius 1 is 1.47 bits per heavy atom. The summed E-state index contributed by atoms with van der Waals surface area (Å²) in [4.78, 5) is 10.1. The Morgan fingerprint density at radius 3 is 2.71 bits per heavy atom. The normalized spacial score (nSPS) is 11.9. The van der Waals surface area contributed by atoms with Crippen molar-refractivity contribution >= 4 is 5.69 Å². The van der Waals surface area contributed by atoms with Crippen LogP contribution in [0.1, 0.15) is 13.3 Å². The number of nitro groups is 1. The molecule has 0 aromatic heterocycles. The highest BCUT2D eigenvalue weighted by atomic mass is 16.6. The highest BCUT2D eigenvalue weighted by molar-refractivity contribution is 5.48. The molecule has 0 aliphatic carbocycles. The lowest BCUT2D eigenvalue weighted by molar-refractivity contribution is -0.384. The van der Waals surface area contributed by atoms with Gasteiger partial charge in [0.1, 0.15) is 6.61 Å². The van der Waals surface area contributed by atoms with E-state index in [-0.39, 0.29) is 18.0 Å². The van der Waals surface area contributed by atoms with E-state index in [2.05, 4.69) is 0 Å². The largest absolute Gasteiger partial charge is 0.493 e. The predicted molar refractivity (Wildman–Crippen MR) is 61.4 cm³/mol. The van der Waals surface area contributed by atoms with E-state index in [1.807, 2.05) is 6.92 Å². The van der Waals surface area contributed by atoms with Crippen LogP contribution in [0, 0.1) is 10.1 Å². The fraction of sp³-hybridized carbons (Fsp3) is 0.455. The third-order valence-electron chi connectivity index (χ3n) is 2.26. The van der Waals surface area contributed by atoms with Gasteiger partial charge in [-0.2, -0.15) is 0 Å². The Balaban J connectivity index is 2.82. The van der Waals surface area contributed by atoms with Crippen LogP contribution in [0.3, 0.4) is 0 Å². The quantitative estimate of drug-likeness (QED) is 0.606. The predicted octanol–water partition coefficient (Wildman–Crippen LogP) is 1.75. The van der Waals surface area contributed by atoms with Gasteiger partial charge in [-0.15, -0.1) is 0 Å². The van der Waals surface area contributed by atoms with Crippen LogP contribution in [0.2, 0.25) is 0 Å². The highest BCUT2D eigenvalue weighted by Gasteiger charge is 2.13. The topological polar surface area (TPSA) is 81.8 Å². The van der Waals surface area contributed by atoms with Crippen LogP contribution in [0.25, 0.3) is 0 Å². The van der Waals surface area contributed by atoms with Crippen LogP contribution in [0.5, 0.6) is 11.5 Å². The first-order chi connectivity index (χ1) is 8.08. The average molecular weight is 241 g/mol. The fourth-order valence-electron chi connectivity index (χ4n) is 1.19. The van der Waals surface area contributed by atoms with Crippen molar-refractivity contribution in [3.8, 4) is 11.5 Å². The molecule has 1 atom stereocenters. The van der Waals surface area contributed by atoms with Crippen LogP contribution in [0.15, 0.2) is 18.2 Å². The van der Waals surface area contributed by atoms with Gasteiger partial charge in [0.05, 0.1) is 24.2 Å². The van der Waals surface area contributed by atoms with Gasteiger partial charge in [0.15, 0.2) is 11.5 Å². The Labute approximate surface area is 98.9 Å². The molecule has 0 bridgehead atoms. The smallest absolute Gasteiger partial charge is 0.273 e. The van der Waals surface area contributed by atoms with E-state index >= 15 is 0 Å². The Morgan fingerprint density at radius 2 is 2.18 bits per heavy atom. The highest BCUT2D eigenvalue weighted by Crippen LogP contribution is 2.31. The molecule has 0 amide bonds. The maximum atomic E-state index is 10.6.